The summed E-state index contributed by atoms with van der Waals surface area (Å²) in [4.78, 5) is 12.6. The zero-order chi connectivity index (χ0) is 19.5. The van der Waals surface area contributed by atoms with Gasteiger partial charge in [0.1, 0.15) is 0 Å². The van der Waals surface area contributed by atoms with Gasteiger partial charge in [0.2, 0.25) is 0 Å². The molecule has 2 aromatic rings. The van der Waals surface area contributed by atoms with Crippen LogP contribution in [0.15, 0.2) is 42.5 Å². The summed E-state index contributed by atoms with van der Waals surface area (Å²) in [6.07, 6.45) is 0. The Morgan fingerprint density at radius 2 is 1.46 bits per heavy atom. The number of hydrogen-bond donors (Lipinski definition) is 0. The third-order valence-electron chi connectivity index (χ3n) is 3.25. The Hall–Kier alpha value is -2.75. The molecule has 0 fully saturated rings. The lowest BCUT2D eigenvalue weighted by molar-refractivity contribution is -0.0500. The molecule has 0 bridgehead atoms. The second-order valence-corrected chi connectivity index (χ2v) is 6.42. The van der Waals surface area contributed by atoms with Gasteiger partial charge in [-0.3, -0.25) is 4.79 Å². The molecule has 2 rings (SSSR count). The molecular formula is C16H13F3O6S. The minimum Gasteiger partial charge on any atom is -0.493 e. The first-order valence-electron chi connectivity index (χ1n) is 6.97. The van der Waals surface area contributed by atoms with Crippen molar-refractivity contribution >= 4 is 15.9 Å². The lowest BCUT2D eigenvalue weighted by Gasteiger charge is -2.15. The lowest BCUT2D eigenvalue weighted by Crippen LogP contribution is -2.28. The highest BCUT2D eigenvalue weighted by Crippen LogP contribution is 2.38. The maximum Gasteiger partial charge on any atom is 0.534 e. The average molecular weight is 390 g/mol. The van der Waals surface area contributed by atoms with Gasteiger partial charge < -0.3 is 13.7 Å². The third kappa shape index (κ3) is 3.90. The van der Waals surface area contributed by atoms with Crippen LogP contribution in [0.3, 0.4) is 0 Å². The molecule has 0 saturated heterocycles. The molecule has 26 heavy (non-hydrogen) atoms. The van der Waals surface area contributed by atoms with E-state index in [-0.39, 0.29) is 17.1 Å². The van der Waals surface area contributed by atoms with E-state index in [1.165, 1.54) is 26.4 Å². The van der Waals surface area contributed by atoms with Crippen LogP contribution in [-0.2, 0) is 10.1 Å². The Bertz CT molecular complexity index is 908. The number of ketones is 1. The quantitative estimate of drug-likeness (QED) is 0.428. The molecule has 6 nitrogen and oxygen atoms in total. The van der Waals surface area contributed by atoms with Crippen LogP contribution in [-0.4, -0.2) is 33.9 Å². The summed E-state index contributed by atoms with van der Waals surface area (Å²) in [6, 6.07) is 9.45. The van der Waals surface area contributed by atoms with Crippen molar-refractivity contribution in [1.29, 1.82) is 0 Å². The molecule has 2 aromatic carbocycles. The molecule has 0 amide bonds. The van der Waals surface area contributed by atoms with Crippen LogP contribution in [0.1, 0.15) is 15.9 Å². The number of carbonyl (C=O) groups is 1. The zero-order valence-electron chi connectivity index (χ0n) is 13.5. The van der Waals surface area contributed by atoms with Crippen LogP contribution in [0.4, 0.5) is 13.2 Å². The highest BCUT2D eigenvalue weighted by Gasteiger charge is 2.49. The number of ether oxygens (including phenoxy) is 2. The van der Waals surface area contributed by atoms with Crippen molar-refractivity contribution in [3.05, 3.63) is 53.6 Å². The van der Waals surface area contributed by atoms with Gasteiger partial charge in [0.05, 0.1) is 19.8 Å². The standard InChI is InChI=1S/C16H13F3O6S/c1-23-13-8-11(15(20)10-6-4-3-5-7-10)12(9-14(13)24-2)25-26(21,22)16(17,18)19/h3-9H,1-2H3. The van der Waals surface area contributed by atoms with Gasteiger partial charge in [-0.15, -0.1) is 0 Å². The Kier molecular flexibility index (Phi) is 5.45. The van der Waals surface area contributed by atoms with Crippen molar-refractivity contribution in [3.63, 3.8) is 0 Å². The molecule has 0 aromatic heterocycles. The van der Waals surface area contributed by atoms with Gasteiger partial charge in [0.25, 0.3) is 0 Å². The monoisotopic (exact) mass is 390 g/mol. The topological polar surface area (TPSA) is 78.9 Å². The van der Waals surface area contributed by atoms with Gasteiger partial charge in [-0.2, -0.15) is 21.6 Å². The highest BCUT2D eigenvalue weighted by atomic mass is 32.2. The molecule has 0 aliphatic carbocycles. The van der Waals surface area contributed by atoms with Crippen LogP contribution in [0.25, 0.3) is 0 Å². The number of rotatable bonds is 6. The van der Waals surface area contributed by atoms with E-state index in [0.29, 0.717) is 0 Å². The summed E-state index contributed by atoms with van der Waals surface area (Å²) in [6.45, 7) is 0. The Labute approximate surface area is 147 Å². The summed E-state index contributed by atoms with van der Waals surface area (Å²) < 4.78 is 74.8. The van der Waals surface area contributed by atoms with Crippen molar-refractivity contribution < 1.29 is 40.0 Å². The molecule has 0 N–H and O–H groups in total. The molecule has 0 unspecified atom stereocenters. The number of alkyl halides is 3. The largest absolute Gasteiger partial charge is 0.534 e. The van der Waals surface area contributed by atoms with Gasteiger partial charge in [-0.05, 0) is 6.07 Å². The Morgan fingerprint density at radius 1 is 0.923 bits per heavy atom. The lowest BCUT2D eigenvalue weighted by atomic mass is 10.0. The zero-order valence-corrected chi connectivity index (χ0v) is 14.3. The minimum absolute atomic E-state index is 0.0172. The van der Waals surface area contributed by atoms with E-state index in [1.54, 1.807) is 18.2 Å². The van der Waals surface area contributed by atoms with E-state index < -0.39 is 32.7 Å². The van der Waals surface area contributed by atoms with Gasteiger partial charge in [0, 0.05) is 11.6 Å². The molecule has 0 radical (unpaired) electrons. The van der Waals surface area contributed by atoms with Crippen molar-refractivity contribution in [3.8, 4) is 17.2 Å². The number of halogens is 3. The maximum absolute atomic E-state index is 12.6. The molecule has 0 heterocycles. The smallest absolute Gasteiger partial charge is 0.493 e. The Morgan fingerprint density at radius 3 is 1.96 bits per heavy atom. The molecule has 0 spiro atoms. The molecule has 0 aliphatic rings. The molecule has 0 saturated carbocycles. The van der Waals surface area contributed by atoms with E-state index in [0.717, 1.165) is 12.1 Å². The molecule has 140 valence electrons. The van der Waals surface area contributed by atoms with Crippen LogP contribution in [0.5, 0.6) is 17.2 Å². The third-order valence-corrected chi connectivity index (χ3v) is 4.22. The normalized spacial score (nSPS) is 11.7. The van der Waals surface area contributed by atoms with E-state index in [9.17, 15) is 26.4 Å². The first-order chi connectivity index (χ1) is 12.1. The van der Waals surface area contributed by atoms with Crippen LogP contribution >= 0.6 is 0 Å². The summed E-state index contributed by atoms with van der Waals surface area (Å²) in [5.41, 5.74) is -5.97. The van der Waals surface area contributed by atoms with Gasteiger partial charge in [0.15, 0.2) is 23.0 Å². The number of carbonyl (C=O) groups excluding carboxylic acids is 1. The molecule has 0 atom stereocenters. The Balaban J connectivity index is 2.64. The predicted molar refractivity (Wildman–Crippen MR) is 85.0 cm³/mol. The van der Waals surface area contributed by atoms with E-state index >= 15 is 0 Å². The second kappa shape index (κ2) is 7.24. The predicted octanol–water partition coefficient (Wildman–Crippen LogP) is 3.16. The van der Waals surface area contributed by atoms with E-state index in [4.69, 9.17) is 9.47 Å². The summed E-state index contributed by atoms with van der Waals surface area (Å²) in [7, 11) is -3.54. The van der Waals surface area contributed by atoms with Crippen molar-refractivity contribution in [2.24, 2.45) is 0 Å². The maximum atomic E-state index is 12.6. The number of benzene rings is 2. The van der Waals surface area contributed by atoms with Crippen LogP contribution in [0, 0.1) is 0 Å². The van der Waals surface area contributed by atoms with Crippen molar-refractivity contribution in [1.82, 2.24) is 0 Å². The van der Waals surface area contributed by atoms with Crippen molar-refractivity contribution in [2.45, 2.75) is 5.51 Å². The van der Waals surface area contributed by atoms with Gasteiger partial charge in [-0.25, -0.2) is 0 Å². The van der Waals surface area contributed by atoms with E-state index in [1.807, 2.05) is 0 Å². The fraction of sp³-hybridized carbons (Fsp3) is 0.188. The summed E-state index contributed by atoms with van der Waals surface area (Å²) in [5.74, 6) is -1.67. The van der Waals surface area contributed by atoms with Crippen molar-refractivity contribution in [2.75, 3.05) is 14.2 Å². The van der Waals surface area contributed by atoms with Crippen LogP contribution < -0.4 is 13.7 Å². The first kappa shape index (κ1) is 19.6. The molecule has 0 aliphatic heterocycles. The molecule has 10 heteroatoms. The fourth-order valence-electron chi connectivity index (χ4n) is 2.02. The number of methoxy groups -OCH3 is 2. The average Bonchev–Trinajstić information content (AvgIpc) is 2.60. The number of hydrogen-bond acceptors (Lipinski definition) is 6. The highest BCUT2D eigenvalue weighted by molar-refractivity contribution is 7.88. The fourth-order valence-corrected chi connectivity index (χ4v) is 2.49. The SMILES string of the molecule is COc1cc(OS(=O)(=O)C(F)(F)F)c(C(=O)c2ccccc2)cc1OC. The molecular weight excluding hydrogens is 377 g/mol. The van der Waals surface area contributed by atoms with Crippen LogP contribution in [0.2, 0.25) is 0 Å². The van der Waals surface area contributed by atoms with Gasteiger partial charge >= 0.3 is 15.6 Å². The first-order valence-corrected chi connectivity index (χ1v) is 8.38. The second-order valence-electron chi connectivity index (χ2n) is 4.88. The van der Waals surface area contributed by atoms with E-state index in [2.05, 4.69) is 4.18 Å². The summed E-state index contributed by atoms with van der Waals surface area (Å²) in [5, 5.41) is 0. The van der Waals surface area contributed by atoms with Gasteiger partial charge in [-0.1, -0.05) is 30.3 Å². The summed E-state index contributed by atoms with van der Waals surface area (Å²) >= 11 is 0. The minimum atomic E-state index is -5.98.